The van der Waals surface area contributed by atoms with Crippen molar-refractivity contribution in [2.45, 2.75) is 0 Å². The van der Waals surface area contributed by atoms with Gasteiger partial charge >= 0.3 is 0 Å². The molecule has 5 N–H and O–H groups in total. The summed E-state index contributed by atoms with van der Waals surface area (Å²) in [5.41, 5.74) is 1.96. The van der Waals surface area contributed by atoms with Crippen molar-refractivity contribution in [3.05, 3.63) is 54.1 Å². The Balaban J connectivity index is 1.72. The van der Waals surface area contributed by atoms with E-state index in [-0.39, 0.29) is 17.6 Å². The maximum Gasteiger partial charge on any atom is 0.255 e. The van der Waals surface area contributed by atoms with Crippen LogP contribution in [0.3, 0.4) is 0 Å². The maximum absolute atomic E-state index is 12.2. The van der Waals surface area contributed by atoms with Crippen LogP contribution in [0, 0.1) is 5.41 Å². The van der Waals surface area contributed by atoms with E-state index in [4.69, 9.17) is 5.41 Å². The van der Waals surface area contributed by atoms with E-state index in [9.17, 15) is 9.90 Å². The largest absolute Gasteiger partial charge is 0.492 e. The zero-order valence-corrected chi connectivity index (χ0v) is 14.5. The smallest absolute Gasteiger partial charge is 0.255 e. The van der Waals surface area contributed by atoms with Gasteiger partial charge in [0.1, 0.15) is 22.7 Å². The van der Waals surface area contributed by atoms with E-state index in [1.54, 1.807) is 31.3 Å². The number of aromatic nitrogens is 3. The molecule has 0 saturated heterocycles. The molecule has 0 fully saturated rings. The Hall–Kier alpha value is -3.53. The van der Waals surface area contributed by atoms with Crippen LogP contribution in [-0.4, -0.2) is 38.2 Å². The van der Waals surface area contributed by atoms with Crippen LogP contribution in [0.1, 0.15) is 15.9 Å². The molecule has 132 valence electrons. The lowest BCUT2D eigenvalue weighted by Gasteiger charge is -2.09. The summed E-state index contributed by atoms with van der Waals surface area (Å²) in [6, 6.07) is 6.76. The maximum atomic E-state index is 12.2. The van der Waals surface area contributed by atoms with Crippen LogP contribution in [0.25, 0.3) is 0 Å². The summed E-state index contributed by atoms with van der Waals surface area (Å²) in [5.74, 6) is -0.433. The van der Waals surface area contributed by atoms with E-state index in [0.717, 1.165) is 11.5 Å². The van der Waals surface area contributed by atoms with Crippen molar-refractivity contribution in [1.29, 1.82) is 5.41 Å². The zero-order chi connectivity index (χ0) is 18.5. The Morgan fingerprint density at radius 2 is 1.85 bits per heavy atom. The molecule has 0 atom stereocenters. The number of rotatable bonds is 5. The monoisotopic (exact) mass is 369 g/mol. The van der Waals surface area contributed by atoms with E-state index in [1.807, 2.05) is 0 Å². The number of anilines is 3. The molecular formula is C16H15N7O2S. The van der Waals surface area contributed by atoms with Crippen LogP contribution < -0.4 is 16.0 Å². The van der Waals surface area contributed by atoms with Crippen LogP contribution in [0.5, 0.6) is 5.88 Å². The lowest BCUT2D eigenvalue weighted by atomic mass is 10.2. The second-order valence-electron chi connectivity index (χ2n) is 5.12. The highest BCUT2D eigenvalue weighted by molar-refractivity contribution is 7.11. The lowest BCUT2D eigenvalue weighted by Crippen LogP contribution is -2.18. The Labute approximate surface area is 152 Å². The quantitative estimate of drug-likeness (QED) is 0.343. The average molecular weight is 369 g/mol. The second-order valence-corrected chi connectivity index (χ2v) is 5.89. The molecule has 2 heterocycles. The van der Waals surface area contributed by atoms with Crippen LogP contribution >= 0.6 is 11.5 Å². The van der Waals surface area contributed by atoms with Crippen LogP contribution in [0.4, 0.5) is 16.4 Å². The summed E-state index contributed by atoms with van der Waals surface area (Å²) in [6.07, 6.45) is 4.40. The van der Waals surface area contributed by atoms with Crippen molar-refractivity contribution in [2.24, 2.45) is 0 Å². The molecule has 0 saturated carbocycles. The van der Waals surface area contributed by atoms with Gasteiger partial charge < -0.3 is 21.1 Å². The van der Waals surface area contributed by atoms with Gasteiger partial charge in [-0.1, -0.05) is 0 Å². The molecule has 3 rings (SSSR count). The molecule has 1 aromatic carbocycles. The molecule has 9 nitrogen and oxygen atoms in total. The minimum Gasteiger partial charge on any atom is -0.492 e. The summed E-state index contributed by atoms with van der Waals surface area (Å²) >= 11 is 1.04. The predicted octanol–water partition coefficient (Wildman–Crippen LogP) is 2.18. The van der Waals surface area contributed by atoms with E-state index in [1.165, 1.54) is 18.7 Å². The second kappa shape index (κ2) is 7.57. The first-order valence-corrected chi connectivity index (χ1v) is 8.24. The molecule has 0 spiro atoms. The summed E-state index contributed by atoms with van der Waals surface area (Å²) in [5, 5.41) is 26.6. The molecule has 0 unspecified atom stereocenters. The Morgan fingerprint density at radius 1 is 1.15 bits per heavy atom. The number of carbonyl (C=O) groups excluding carboxylic acids is 1. The number of aromatic hydroxyl groups is 1. The minimum atomic E-state index is -0.278. The molecule has 3 aromatic rings. The van der Waals surface area contributed by atoms with Crippen molar-refractivity contribution in [3.63, 3.8) is 0 Å². The molecule has 0 aliphatic rings. The minimum absolute atomic E-state index is 0.0554. The van der Waals surface area contributed by atoms with Crippen molar-refractivity contribution in [1.82, 2.24) is 19.7 Å². The number of amides is 1. The molecule has 0 radical (unpaired) electrons. The molecule has 0 bridgehead atoms. The van der Waals surface area contributed by atoms with Gasteiger partial charge in [0.15, 0.2) is 0 Å². The molecule has 1 amide bonds. The van der Waals surface area contributed by atoms with E-state index < -0.39 is 0 Å². The van der Waals surface area contributed by atoms with Gasteiger partial charge in [0.05, 0.1) is 18.1 Å². The van der Waals surface area contributed by atoms with Crippen LogP contribution in [0.2, 0.25) is 0 Å². The van der Waals surface area contributed by atoms with Gasteiger partial charge in [0.25, 0.3) is 5.91 Å². The Morgan fingerprint density at radius 3 is 2.50 bits per heavy atom. The summed E-state index contributed by atoms with van der Waals surface area (Å²) < 4.78 is 3.85. The normalized spacial score (nSPS) is 10.2. The van der Waals surface area contributed by atoms with Gasteiger partial charge in [-0.25, -0.2) is 9.97 Å². The SMILES string of the molecule is CNC(=N)c1c(O)nsc1Nc1ccc(C(=O)Nc2cncnc2)cc1. The van der Waals surface area contributed by atoms with Crippen LogP contribution in [0.15, 0.2) is 43.0 Å². The van der Waals surface area contributed by atoms with Gasteiger partial charge in [-0.2, -0.15) is 4.37 Å². The number of nitrogens with zero attached hydrogens (tertiary/aromatic N) is 3. The molecule has 0 aliphatic carbocycles. The van der Waals surface area contributed by atoms with Crippen molar-refractivity contribution in [3.8, 4) is 5.88 Å². The number of hydrogen-bond donors (Lipinski definition) is 5. The first-order valence-electron chi connectivity index (χ1n) is 7.47. The fraction of sp³-hybridized carbons (Fsp3) is 0.0625. The third-order valence-corrected chi connectivity index (χ3v) is 4.15. The number of nitrogens with one attached hydrogen (secondary N) is 4. The fourth-order valence-corrected chi connectivity index (χ4v) is 2.84. The van der Waals surface area contributed by atoms with Gasteiger partial charge in [-0.3, -0.25) is 10.2 Å². The molecule has 26 heavy (non-hydrogen) atoms. The average Bonchev–Trinajstić information content (AvgIpc) is 3.02. The highest BCUT2D eigenvalue weighted by Crippen LogP contribution is 2.32. The van der Waals surface area contributed by atoms with Gasteiger partial charge in [-0.05, 0) is 35.8 Å². The van der Waals surface area contributed by atoms with Crippen molar-refractivity contribution < 1.29 is 9.90 Å². The first-order chi connectivity index (χ1) is 12.6. The number of amidine groups is 1. The summed E-state index contributed by atoms with van der Waals surface area (Å²) in [6.45, 7) is 0. The van der Waals surface area contributed by atoms with E-state index in [0.29, 0.717) is 27.5 Å². The summed E-state index contributed by atoms with van der Waals surface area (Å²) in [4.78, 5) is 19.9. The van der Waals surface area contributed by atoms with Crippen LogP contribution in [-0.2, 0) is 0 Å². The standard InChI is InChI=1S/C16H15N7O2S/c1-18-13(17)12-15(25)23-26-16(12)22-10-4-2-9(3-5-10)14(24)21-11-6-19-8-20-7-11/h2-8,22H,1H3,(H2,17,18)(H,21,24)(H,23,25). The molecule has 2 aromatic heterocycles. The third-order valence-electron chi connectivity index (χ3n) is 3.40. The van der Waals surface area contributed by atoms with Crippen molar-refractivity contribution >= 4 is 39.7 Å². The topological polar surface area (TPSA) is 136 Å². The Bertz CT molecular complexity index is 926. The van der Waals surface area contributed by atoms with Crippen molar-refractivity contribution in [2.75, 3.05) is 17.7 Å². The number of hydrogen-bond acceptors (Lipinski definition) is 8. The van der Waals surface area contributed by atoms with Gasteiger partial charge in [-0.15, -0.1) is 0 Å². The number of carbonyl (C=O) groups is 1. The molecule has 10 heteroatoms. The number of benzene rings is 1. The van der Waals surface area contributed by atoms with E-state index >= 15 is 0 Å². The van der Waals surface area contributed by atoms with Gasteiger partial charge in [0, 0.05) is 18.3 Å². The molecular weight excluding hydrogens is 354 g/mol. The zero-order valence-electron chi connectivity index (χ0n) is 13.6. The first kappa shape index (κ1) is 17.3. The highest BCUT2D eigenvalue weighted by Gasteiger charge is 2.17. The lowest BCUT2D eigenvalue weighted by molar-refractivity contribution is 0.102. The fourth-order valence-electron chi connectivity index (χ4n) is 2.12. The molecule has 0 aliphatic heterocycles. The summed E-state index contributed by atoms with van der Waals surface area (Å²) in [7, 11) is 1.59. The highest BCUT2D eigenvalue weighted by atomic mass is 32.1. The van der Waals surface area contributed by atoms with E-state index in [2.05, 4.69) is 30.3 Å². The predicted molar refractivity (Wildman–Crippen MR) is 99.4 cm³/mol. The Kier molecular flexibility index (Phi) is 5.04. The third kappa shape index (κ3) is 3.75. The van der Waals surface area contributed by atoms with Gasteiger partial charge in [0.2, 0.25) is 5.88 Å².